The Morgan fingerprint density at radius 3 is 0.636 bits per heavy atom. The number of rotatable bonds is 0. The summed E-state index contributed by atoms with van der Waals surface area (Å²) in [7, 11) is -10.3. The van der Waals surface area contributed by atoms with Gasteiger partial charge in [0.05, 0.1) is 0 Å². The van der Waals surface area contributed by atoms with Crippen LogP contribution in [0.4, 0.5) is 0 Å². The van der Waals surface area contributed by atoms with Crippen LogP contribution in [-0.4, -0.2) is 35.0 Å². The molecule has 0 bridgehead atoms. The average Bonchev–Trinajstić information content (AvgIpc) is 1.12. The van der Waals surface area contributed by atoms with Gasteiger partial charge in [-0.2, -0.15) is 0 Å². The van der Waals surface area contributed by atoms with Gasteiger partial charge in [-0.1, -0.05) is 0 Å². The molecule has 0 aliphatic rings. The van der Waals surface area contributed by atoms with Gasteiger partial charge in [-0.15, -0.1) is 0 Å². The van der Waals surface area contributed by atoms with E-state index in [2.05, 4.69) is 0 Å². The van der Waals surface area contributed by atoms with E-state index in [1.54, 1.807) is 0 Å². The maximum atomic E-state index is 8.52. The first-order chi connectivity index (χ1) is 4.00. The molecule has 0 aliphatic carbocycles. The summed E-state index contributed by atoms with van der Waals surface area (Å²) in [5.41, 5.74) is 0. The quantitative estimate of drug-likeness (QED) is 0.300. The van der Waals surface area contributed by atoms with Crippen molar-refractivity contribution >= 4 is 20.8 Å². The first kappa shape index (κ1) is 18.0. The molecule has 0 heterocycles. The summed E-state index contributed by atoms with van der Waals surface area (Å²) in [6.07, 6.45) is 0. The minimum atomic E-state index is -5.17. The molecule has 0 unspecified atom stereocenters. The van der Waals surface area contributed by atoms with Crippen LogP contribution in [0.5, 0.6) is 0 Å². The Morgan fingerprint density at radius 2 is 0.636 bits per heavy atom. The molecule has 0 aromatic rings. The van der Waals surface area contributed by atoms with E-state index in [-0.39, 0.29) is 39.9 Å². The van der Waals surface area contributed by atoms with Gasteiger partial charge in [0.2, 0.25) is 0 Å². The molecule has 0 aromatic carbocycles. The van der Waals surface area contributed by atoms with Crippen LogP contribution in [0.2, 0.25) is 0 Å². The molecule has 11 heteroatoms. The Morgan fingerprint density at radius 1 is 0.636 bits per heavy atom. The predicted octanol–water partition coefficient (Wildman–Crippen LogP) is -2.68. The molecule has 64 valence electrons. The molecule has 0 aromatic heterocycles. The van der Waals surface area contributed by atoms with Crippen molar-refractivity contribution < 1.29 is 75.0 Å². The van der Waals surface area contributed by atoms with Crippen LogP contribution >= 0.6 is 0 Å². The summed E-state index contributed by atoms with van der Waals surface area (Å²) >= 11 is 0. The molecule has 0 aliphatic heterocycles. The summed E-state index contributed by atoms with van der Waals surface area (Å²) in [5.74, 6) is 0. The number of hydrogen-bond donors (Lipinski definition) is 0. The second kappa shape index (κ2) is 6.57. The SMILES string of the molecule is O=S(=O)([O-])[O-].O=S(=O)([O-])[O-].[Th+4]. The van der Waals surface area contributed by atoms with Crippen LogP contribution < -0.4 is 0 Å². The van der Waals surface area contributed by atoms with Crippen molar-refractivity contribution in [2.75, 3.05) is 0 Å². The van der Waals surface area contributed by atoms with E-state index < -0.39 is 20.8 Å². The van der Waals surface area contributed by atoms with E-state index in [0.29, 0.717) is 0 Å². The second-order valence-corrected chi connectivity index (χ2v) is 2.45. The molecule has 8 nitrogen and oxygen atoms in total. The number of hydrogen-bond acceptors (Lipinski definition) is 8. The molecule has 0 atom stereocenters. The van der Waals surface area contributed by atoms with Gasteiger partial charge in [-0.3, -0.25) is 16.8 Å². The Balaban J connectivity index is -0.000000107. The normalized spacial score (nSPS) is 10.5. The third-order valence-corrected chi connectivity index (χ3v) is 0. The van der Waals surface area contributed by atoms with Crippen LogP contribution in [0.15, 0.2) is 0 Å². The molecule has 0 saturated carbocycles. The van der Waals surface area contributed by atoms with E-state index in [4.69, 9.17) is 35.0 Å². The van der Waals surface area contributed by atoms with Crippen molar-refractivity contribution in [2.24, 2.45) is 0 Å². The zero-order chi connectivity index (χ0) is 9.00. The molecule has 0 fully saturated rings. The smallest absolute Gasteiger partial charge is 0.759 e. The van der Waals surface area contributed by atoms with Crippen molar-refractivity contribution in [2.45, 2.75) is 0 Å². The summed E-state index contributed by atoms with van der Waals surface area (Å²) in [6.45, 7) is 0. The predicted molar refractivity (Wildman–Crippen MR) is 20.9 cm³/mol. The minimum absolute atomic E-state index is 0. The van der Waals surface area contributed by atoms with Crippen molar-refractivity contribution in [3.8, 4) is 0 Å². The maximum absolute atomic E-state index is 8.52. The Labute approximate surface area is 94.8 Å². The van der Waals surface area contributed by atoms with Crippen LogP contribution in [0.3, 0.4) is 0 Å². The molecule has 0 amide bonds. The van der Waals surface area contributed by atoms with Gasteiger partial charge in [0, 0.05) is 20.8 Å². The third kappa shape index (κ3) is 802. The van der Waals surface area contributed by atoms with Gasteiger partial charge in [0.1, 0.15) is 0 Å². The molecule has 0 rings (SSSR count). The summed E-state index contributed by atoms with van der Waals surface area (Å²) < 4.78 is 68.2. The second-order valence-electron chi connectivity index (χ2n) is 0.816. The minimum Gasteiger partial charge on any atom is -0.759 e. The van der Waals surface area contributed by atoms with Gasteiger partial charge in [0.25, 0.3) is 0 Å². The van der Waals surface area contributed by atoms with Crippen molar-refractivity contribution in [3.05, 3.63) is 0 Å². The molecule has 0 radical (unpaired) electrons. The van der Waals surface area contributed by atoms with E-state index in [1.807, 2.05) is 0 Å². The van der Waals surface area contributed by atoms with Crippen molar-refractivity contribution in [3.63, 3.8) is 0 Å². The maximum Gasteiger partial charge on any atom is 4.00 e. The Kier molecular flexibility index (Phi) is 10.7. The van der Waals surface area contributed by atoms with Gasteiger partial charge >= 0.3 is 39.9 Å². The van der Waals surface area contributed by atoms with Crippen LogP contribution in [0.25, 0.3) is 0 Å². The molecule has 0 saturated heterocycles. The zero-order valence-electron chi connectivity index (χ0n) is 4.58. The fourth-order valence-corrected chi connectivity index (χ4v) is 0. The van der Waals surface area contributed by atoms with Crippen LogP contribution in [-0.2, 0) is 20.8 Å². The molecule has 11 heavy (non-hydrogen) atoms. The summed E-state index contributed by atoms with van der Waals surface area (Å²) in [5, 5.41) is 0. The topological polar surface area (TPSA) is 161 Å². The first-order valence-electron chi connectivity index (χ1n) is 1.33. The van der Waals surface area contributed by atoms with E-state index in [9.17, 15) is 0 Å². The van der Waals surface area contributed by atoms with Crippen LogP contribution in [0.1, 0.15) is 0 Å². The fourth-order valence-electron chi connectivity index (χ4n) is 0. The van der Waals surface area contributed by atoms with Crippen molar-refractivity contribution in [1.82, 2.24) is 0 Å². The van der Waals surface area contributed by atoms with Crippen molar-refractivity contribution in [1.29, 1.82) is 0 Å². The van der Waals surface area contributed by atoms with Gasteiger partial charge < -0.3 is 18.2 Å². The van der Waals surface area contributed by atoms with Crippen LogP contribution in [0, 0.1) is 39.9 Å². The Hall–Kier alpha value is 1.06. The van der Waals surface area contributed by atoms with Gasteiger partial charge in [-0.25, -0.2) is 0 Å². The zero-order valence-corrected chi connectivity index (χ0v) is 10.3. The largest absolute Gasteiger partial charge is 4.00 e. The average molecular weight is 424 g/mol. The molecular formula is O8S2Th. The molecule has 0 N–H and O–H groups in total. The summed E-state index contributed by atoms with van der Waals surface area (Å²) in [4.78, 5) is 0. The van der Waals surface area contributed by atoms with E-state index >= 15 is 0 Å². The monoisotopic (exact) mass is 424 g/mol. The fraction of sp³-hybridized carbons (Fsp3) is 0. The molecule has 0 spiro atoms. The van der Waals surface area contributed by atoms with E-state index in [0.717, 1.165) is 0 Å². The van der Waals surface area contributed by atoms with Gasteiger partial charge in [-0.05, 0) is 0 Å². The standard InChI is InChI=1S/2H2O4S.Th/c2*1-5(2,3)4;/h2*(H2,1,2,3,4);/q;;+4/p-4. The Bertz CT molecular complexity index is 208. The molecular weight excluding hydrogens is 424 g/mol. The first-order valence-corrected chi connectivity index (χ1v) is 4.00. The van der Waals surface area contributed by atoms with E-state index in [1.165, 1.54) is 0 Å². The summed E-state index contributed by atoms with van der Waals surface area (Å²) in [6, 6.07) is 0. The third-order valence-electron chi connectivity index (χ3n) is 0. The van der Waals surface area contributed by atoms with Gasteiger partial charge in [0.15, 0.2) is 0 Å².